The molecule has 0 amide bonds. The van der Waals surface area contributed by atoms with Gasteiger partial charge in [-0.15, -0.1) is 0 Å². The van der Waals surface area contributed by atoms with E-state index in [1.54, 1.807) is 24.3 Å². The number of carboxylic acids is 1. The molecule has 3 aromatic rings. The summed E-state index contributed by atoms with van der Waals surface area (Å²) in [6.07, 6.45) is -2.72. The van der Waals surface area contributed by atoms with Crippen LogP contribution < -0.4 is 5.32 Å². The zero-order valence-electron chi connectivity index (χ0n) is 17.8. The zero-order chi connectivity index (χ0) is 23.6. The summed E-state index contributed by atoms with van der Waals surface area (Å²) in [5, 5.41) is 22.8. The van der Waals surface area contributed by atoms with Gasteiger partial charge >= 0.3 is 12.1 Å². The summed E-state index contributed by atoms with van der Waals surface area (Å²) in [7, 11) is 0. The molecule has 4 nitrogen and oxygen atoms in total. The Balaban J connectivity index is 1.39. The third kappa shape index (κ3) is 5.43. The minimum atomic E-state index is -4.39. The summed E-state index contributed by atoms with van der Waals surface area (Å²) in [6.45, 7) is 0.252. The molecule has 0 unspecified atom stereocenters. The van der Waals surface area contributed by atoms with Crippen LogP contribution in [-0.4, -0.2) is 28.8 Å². The first-order chi connectivity index (χ1) is 15.7. The zero-order valence-corrected chi connectivity index (χ0v) is 17.8. The largest absolute Gasteiger partial charge is 0.478 e. The maximum Gasteiger partial charge on any atom is 0.416 e. The van der Waals surface area contributed by atoms with Crippen LogP contribution in [0.2, 0.25) is 0 Å². The molecule has 172 valence electrons. The minimum Gasteiger partial charge on any atom is -0.478 e. The highest BCUT2D eigenvalue weighted by molar-refractivity contribution is 5.88. The molecule has 0 spiro atoms. The molecule has 33 heavy (non-hydrogen) atoms. The fraction of sp³-hybridized carbons (Fsp3) is 0.269. The summed E-state index contributed by atoms with van der Waals surface area (Å²) >= 11 is 0. The van der Waals surface area contributed by atoms with Gasteiger partial charge in [-0.25, -0.2) is 4.79 Å². The first kappa shape index (κ1) is 23.0. The van der Waals surface area contributed by atoms with Crippen molar-refractivity contribution in [1.82, 2.24) is 5.32 Å². The van der Waals surface area contributed by atoms with Crippen LogP contribution in [0.15, 0.2) is 66.7 Å². The summed E-state index contributed by atoms with van der Waals surface area (Å²) < 4.78 is 38.2. The van der Waals surface area contributed by atoms with Crippen LogP contribution in [0.4, 0.5) is 13.2 Å². The van der Waals surface area contributed by atoms with Gasteiger partial charge in [-0.1, -0.05) is 42.5 Å². The number of aryl methyl sites for hydroxylation is 1. The number of rotatable bonds is 6. The summed E-state index contributed by atoms with van der Waals surface area (Å²) in [5.41, 5.74) is 4.37. The van der Waals surface area contributed by atoms with Gasteiger partial charge in [0.05, 0.1) is 17.2 Å². The normalized spacial score (nSPS) is 16.8. The lowest BCUT2D eigenvalue weighted by Crippen LogP contribution is -2.37. The molecule has 0 bridgehead atoms. The van der Waals surface area contributed by atoms with Gasteiger partial charge in [0.2, 0.25) is 0 Å². The van der Waals surface area contributed by atoms with Crippen molar-refractivity contribution in [2.24, 2.45) is 0 Å². The van der Waals surface area contributed by atoms with Crippen molar-refractivity contribution in [3.63, 3.8) is 0 Å². The first-order valence-electron chi connectivity index (χ1n) is 10.7. The molecular formula is C26H24F3NO3. The molecule has 0 radical (unpaired) electrons. The van der Waals surface area contributed by atoms with Gasteiger partial charge in [0.1, 0.15) is 0 Å². The van der Waals surface area contributed by atoms with E-state index >= 15 is 0 Å². The summed E-state index contributed by atoms with van der Waals surface area (Å²) in [5.74, 6) is -0.959. The van der Waals surface area contributed by atoms with E-state index in [1.165, 1.54) is 23.3 Å². The lowest BCUT2D eigenvalue weighted by Gasteiger charge is -2.27. The molecule has 0 saturated heterocycles. The number of aliphatic hydroxyl groups excluding tert-OH is 1. The van der Waals surface area contributed by atoms with Crippen molar-refractivity contribution in [2.75, 3.05) is 6.54 Å². The summed E-state index contributed by atoms with van der Waals surface area (Å²) in [6, 6.07) is 17.8. The van der Waals surface area contributed by atoms with Gasteiger partial charge in [0, 0.05) is 12.6 Å². The van der Waals surface area contributed by atoms with E-state index in [2.05, 4.69) is 17.4 Å². The van der Waals surface area contributed by atoms with Gasteiger partial charge < -0.3 is 15.5 Å². The van der Waals surface area contributed by atoms with Gasteiger partial charge in [0.25, 0.3) is 0 Å². The number of hydrogen-bond donors (Lipinski definition) is 3. The minimum absolute atomic E-state index is 0.145. The molecule has 1 aliphatic rings. The number of aliphatic hydroxyl groups is 1. The van der Waals surface area contributed by atoms with Crippen LogP contribution in [0.5, 0.6) is 0 Å². The van der Waals surface area contributed by atoms with Crippen molar-refractivity contribution in [3.8, 4) is 11.1 Å². The molecule has 0 aromatic heterocycles. The standard InChI is InChI=1S/C26H24F3NO3/c27-26(28,29)22-10-7-18(8-11-22)24(31)15-30-23-12-9-17-3-6-20(13-21(17)14-23)16-1-4-19(5-2-16)25(32)33/h1-8,10-11,13,23-24,30-31H,9,12,14-15H2,(H,32,33)/t23-,24-/m0/s1. The third-order valence-corrected chi connectivity index (χ3v) is 6.12. The maximum atomic E-state index is 12.7. The average Bonchev–Trinajstić information content (AvgIpc) is 2.81. The predicted molar refractivity (Wildman–Crippen MR) is 119 cm³/mol. The van der Waals surface area contributed by atoms with Gasteiger partial charge in [-0.05, 0) is 71.3 Å². The molecule has 3 aromatic carbocycles. The Morgan fingerprint density at radius 2 is 1.64 bits per heavy atom. The smallest absolute Gasteiger partial charge is 0.416 e. The highest BCUT2D eigenvalue weighted by atomic mass is 19.4. The Morgan fingerprint density at radius 3 is 2.27 bits per heavy atom. The predicted octanol–water partition coefficient (Wildman–Crippen LogP) is 5.25. The third-order valence-electron chi connectivity index (χ3n) is 6.12. The number of alkyl halides is 3. The topological polar surface area (TPSA) is 69.6 Å². The van der Waals surface area contributed by atoms with Crippen LogP contribution >= 0.6 is 0 Å². The van der Waals surface area contributed by atoms with Gasteiger partial charge in [0.15, 0.2) is 0 Å². The number of nitrogens with one attached hydrogen (secondary N) is 1. The van der Waals surface area contributed by atoms with E-state index in [1.807, 2.05) is 6.07 Å². The van der Waals surface area contributed by atoms with E-state index in [-0.39, 0.29) is 18.2 Å². The highest BCUT2D eigenvalue weighted by Crippen LogP contribution is 2.30. The van der Waals surface area contributed by atoms with Crippen molar-refractivity contribution >= 4 is 5.97 Å². The molecular weight excluding hydrogens is 431 g/mol. The second-order valence-corrected chi connectivity index (χ2v) is 8.35. The fourth-order valence-corrected chi connectivity index (χ4v) is 4.21. The van der Waals surface area contributed by atoms with Crippen molar-refractivity contribution < 1.29 is 28.2 Å². The first-order valence-corrected chi connectivity index (χ1v) is 10.7. The van der Waals surface area contributed by atoms with E-state index < -0.39 is 23.8 Å². The Kier molecular flexibility index (Phi) is 6.54. The maximum absolute atomic E-state index is 12.7. The molecule has 0 fully saturated rings. The molecule has 1 aliphatic carbocycles. The van der Waals surface area contributed by atoms with Crippen LogP contribution in [0.25, 0.3) is 11.1 Å². The van der Waals surface area contributed by atoms with Crippen molar-refractivity contribution in [2.45, 2.75) is 37.6 Å². The van der Waals surface area contributed by atoms with Crippen LogP contribution in [0, 0.1) is 0 Å². The Morgan fingerprint density at radius 1 is 0.970 bits per heavy atom. The molecule has 7 heteroatoms. The lowest BCUT2D eigenvalue weighted by atomic mass is 9.86. The molecule has 0 saturated carbocycles. The van der Waals surface area contributed by atoms with Crippen molar-refractivity contribution in [1.29, 1.82) is 0 Å². The Bertz CT molecular complexity index is 1130. The number of aromatic carboxylic acids is 1. The van der Waals surface area contributed by atoms with E-state index in [9.17, 15) is 23.1 Å². The Labute approximate surface area is 189 Å². The average molecular weight is 455 g/mol. The number of benzene rings is 3. The van der Waals surface area contributed by atoms with E-state index in [0.717, 1.165) is 42.5 Å². The van der Waals surface area contributed by atoms with Gasteiger partial charge in [-0.3, -0.25) is 0 Å². The lowest BCUT2D eigenvalue weighted by molar-refractivity contribution is -0.137. The summed E-state index contributed by atoms with van der Waals surface area (Å²) in [4.78, 5) is 11.1. The van der Waals surface area contributed by atoms with Gasteiger partial charge in [-0.2, -0.15) is 13.2 Å². The molecule has 0 aliphatic heterocycles. The highest BCUT2D eigenvalue weighted by Gasteiger charge is 2.30. The molecule has 4 rings (SSSR count). The number of carboxylic acid groups (broad SMARTS) is 1. The number of halogens is 3. The number of fused-ring (bicyclic) bond motifs is 1. The van der Waals surface area contributed by atoms with E-state index in [0.29, 0.717) is 5.56 Å². The second kappa shape index (κ2) is 9.37. The quantitative estimate of drug-likeness (QED) is 0.475. The molecule has 0 heterocycles. The number of hydrogen-bond acceptors (Lipinski definition) is 3. The number of carbonyl (C=O) groups is 1. The van der Waals surface area contributed by atoms with Crippen LogP contribution in [0.1, 0.15) is 45.1 Å². The fourth-order valence-electron chi connectivity index (χ4n) is 4.21. The molecule has 3 N–H and O–H groups in total. The van der Waals surface area contributed by atoms with Crippen molar-refractivity contribution in [3.05, 3.63) is 94.5 Å². The second-order valence-electron chi connectivity index (χ2n) is 8.35. The van der Waals surface area contributed by atoms with E-state index in [4.69, 9.17) is 5.11 Å². The Hall–Kier alpha value is -3.16. The molecule has 2 atom stereocenters. The monoisotopic (exact) mass is 455 g/mol. The SMILES string of the molecule is O=C(O)c1ccc(-c2ccc3c(c2)C[C@@H](NC[C@H](O)c2ccc(C(F)(F)F)cc2)CC3)cc1. The van der Waals surface area contributed by atoms with Crippen LogP contribution in [0.3, 0.4) is 0 Å². The van der Waals surface area contributed by atoms with Crippen LogP contribution in [-0.2, 0) is 19.0 Å².